The molecule has 1 amide bonds. The highest BCUT2D eigenvalue weighted by atomic mass is 35.5. The first-order chi connectivity index (χ1) is 9.07. The summed E-state index contributed by atoms with van der Waals surface area (Å²) >= 11 is 5.96. The number of ether oxygens (including phenoxy) is 1. The zero-order valence-corrected chi connectivity index (χ0v) is 13.0. The van der Waals surface area contributed by atoms with Crippen LogP contribution in [0.15, 0.2) is 18.2 Å². The van der Waals surface area contributed by atoms with Crippen molar-refractivity contribution in [2.45, 2.75) is 19.8 Å². The van der Waals surface area contributed by atoms with E-state index in [0.29, 0.717) is 37.6 Å². The molecule has 1 aromatic carbocycles. The zero-order valence-electron chi connectivity index (χ0n) is 11.4. The Morgan fingerprint density at radius 1 is 1.45 bits per heavy atom. The van der Waals surface area contributed by atoms with Gasteiger partial charge in [0.2, 0.25) is 5.91 Å². The van der Waals surface area contributed by atoms with Gasteiger partial charge in [0.15, 0.2) is 0 Å². The molecule has 6 heteroatoms. The van der Waals surface area contributed by atoms with E-state index in [1.54, 1.807) is 12.1 Å². The fraction of sp³-hybridized carbons (Fsp3) is 0.500. The first-order valence-corrected chi connectivity index (χ1v) is 6.81. The number of hydrogen-bond acceptors (Lipinski definition) is 3. The van der Waals surface area contributed by atoms with Crippen LogP contribution in [0.25, 0.3) is 0 Å². The molecule has 0 aromatic heterocycles. The van der Waals surface area contributed by atoms with E-state index in [4.69, 9.17) is 22.1 Å². The van der Waals surface area contributed by atoms with Crippen molar-refractivity contribution < 1.29 is 9.53 Å². The molecule has 2 rings (SSSR count). The van der Waals surface area contributed by atoms with Crippen molar-refractivity contribution in [3.8, 4) is 0 Å². The number of carbonyl (C=O) groups excluding carboxylic acids is 1. The van der Waals surface area contributed by atoms with E-state index in [0.717, 1.165) is 11.3 Å². The van der Waals surface area contributed by atoms with Crippen LogP contribution >= 0.6 is 24.0 Å². The summed E-state index contributed by atoms with van der Waals surface area (Å²) in [6.45, 7) is 3.44. The molecule has 1 aliphatic rings. The summed E-state index contributed by atoms with van der Waals surface area (Å²) in [4.78, 5) is 12.5. The molecule has 0 aliphatic carbocycles. The van der Waals surface area contributed by atoms with Gasteiger partial charge in [-0.3, -0.25) is 4.79 Å². The molecular formula is C14H20Cl2N2O2. The lowest BCUT2D eigenvalue weighted by molar-refractivity contribution is -0.130. The molecule has 4 nitrogen and oxygen atoms in total. The van der Waals surface area contributed by atoms with Gasteiger partial charge in [-0.05, 0) is 37.5 Å². The van der Waals surface area contributed by atoms with Gasteiger partial charge in [-0.1, -0.05) is 17.7 Å². The Bertz CT molecular complexity index is 474. The van der Waals surface area contributed by atoms with Crippen molar-refractivity contribution in [3.05, 3.63) is 28.8 Å². The topological polar surface area (TPSA) is 64.4 Å². The third-order valence-corrected chi connectivity index (χ3v) is 4.01. The number of nitrogens with two attached hydrogens (primary N) is 1. The minimum Gasteiger partial charge on any atom is -0.381 e. The summed E-state index contributed by atoms with van der Waals surface area (Å²) in [6, 6.07) is 5.45. The molecule has 3 N–H and O–H groups in total. The average molecular weight is 319 g/mol. The average Bonchev–Trinajstić information content (AvgIpc) is 2.43. The maximum absolute atomic E-state index is 12.5. The lowest BCUT2D eigenvalue weighted by Crippen LogP contribution is -2.46. The van der Waals surface area contributed by atoms with Gasteiger partial charge in [-0.15, -0.1) is 12.4 Å². The Hall–Kier alpha value is -0.810. The lowest BCUT2D eigenvalue weighted by Gasteiger charge is -2.34. The number of benzene rings is 1. The van der Waals surface area contributed by atoms with Gasteiger partial charge in [0.05, 0.1) is 5.41 Å². The maximum atomic E-state index is 12.5. The second kappa shape index (κ2) is 7.27. The van der Waals surface area contributed by atoms with E-state index < -0.39 is 5.41 Å². The molecule has 112 valence electrons. The number of carbonyl (C=O) groups is 1. The van der Waals surface area contributed by atoms with Crippen molar-refractivity contribution in [2.75, 3.05) is 25.1 Å². The third-order valence-electron chi connectivity index (χ3n) is 3.77. The van der Waals surface area contributed by atoms with Crippen molar-refractivity contribution in [3.63, 3.8) is 0 Å². The van der Waals surface area contributed by atoms with Crippen LogP contribution in [-0.2, 0) is 9.53 Å². The van der Waals surface area contributed by atoms with Crippen LogP contribution in [0, 0.1) is 12.3 Å². The normalized spacial score (nSPS) is 17.1. The summed E-state index contributed by atoms with van der Waals surface area (Å²) in [5, 5.41) is 3.56. The molecule has 1 saturated heterocycles. The zero-order chi connectivity index (χ0) is 13.9. The van der Waals surface area contributed by atoms with Gasteiger partial charge in [0, 0.05) is 30.5 Å². The van der Waals surface area contributed by atoms with Gasteiger partial charge >= 0.3 is 0 Å². The number of nitrogens with one attached hydrogen (secondary N) is 1. The highest BCUT2D eigenvalue weighted by Crippen LogP contribution is 2.31. The lowest BCUT2D eigenvalue weighted by atomic mass is 9.79. The number of aryl methyl sites for hydroxylation is 1. The highest BCUT2D eigenvalue weighted by molar-refractivity contribution is 6.31. The molecule has 20 heavy (non-hydrogen) atoms. The van der Waals surface area contributed by atoms with E-state index >= 15 is 0 Å². The Kier molecular flexibility index (Phi) is 6.27. The van der Waals surface area contributed by atoms with Gasteiger partial charge in [0.1, 0.15) is 0 Å². The Labute approximate surface area is 130 Å². The van der Waals surface area contributed by atoms with Crippen LogP contribution in [0.3, 0.4) is 0 Å². The van der Waals surface area contributed by atoms with E-state index in [-0.39, 0.29) is 18.3 Å². The fourth-order valence-corrected chi connectivity index (χ4v) is 2.44. The molecule has 0 bridgehead atoms. The molecule has 0 saturated carbocycles. The number of amides is 1. The first kappa shape index (κ1) is 17.2. The maximum Gasteiger partial charge on any atom is 0.232 e. The quantitative estimate of drug-likeness (QED) is 0.900. The monoisotopic (exact) mass is 318 g/mol. The van der Waals surface area contributed by atoms with E-state index in [9.17, 15) is 4.79 Å². The van der Waals surface area contributed by atoms with Crippen molar-refractivity contribution in [1.82, 2.24) is 0 Å². The third kappa shape index (κ3) is 3.64. The summed E-state index contributed by atoms with van der Waals surface area (Å²) in [6.07, 6.45) is 1.32. The fourth-order valence-electron chi connectivity index (χ4n) is 2.27. The standard InChI is InChI=1S/C14H19ClN2O2.ClH/c1-10-2-3-11(15)8-12(10)17-13(18)14(9-16)4-6-19-7-5-14;/h2-3,8H,4-7,9,16H2,1H3,(H,17,18);1H. The van der Waals surface area contributed by atoms with Crippen LogP contribution < -0.4 is 11.1 Å². The predicted octanol–water partition coefficient (Wildman–Crippen LogP) is 2.76. The van der Waals surface area contributed by atoms with Gasteiger partial charge in [-0.25, -0.2) is 0 Å². The van der Waals surface area contributed by atoms with Gasteiger partial charge in [-0.2, -0.15) is 0 Å². The molecule has 1 aromatic rings. The van der Waals surface area contributed by atoms with Crippen molar-refractivity contribution in [1.29, 1.82) is 0 Å². The van der Waals surface area contributed by atoms with Gasteiger partial charge in [0.25, 0.3) is 0 Å². The molecule has 0 unspecified atom stereocenters. The van der Waals surface area contributed by atoms with Crippen molar-refractivity contribution in [2.24, 2.45) is 11.1 Å². The SMILES string of the molecule is Cc1ccc(Cl)cc1NC(=O)C1(CN)CCOCC1.Cl. The van der Waals surface area contributed by atoms with E-state index in [2.05, 4.69) is 5.32 Å². The van der Waals surface area contributed by atoms with Crippen LogP contribution in [-0.4, -0.2) is 25.7 Å². The van der Waals surface area contributed by atoms with Crippen LogP contribution in [0.2, 0.25) is 5.02 Å². The summed E-state index contributed by atoms with van der Waals surface area (Å²) in [7, 11) is 0. The highest BCUT2D eigenvalue weighted by Gasteiger charge is 2.38. The second-order valence-electron chi connectivity index (χ2n) is 5.01. The van der Waals surface area contributed by atoms with Crippen LogP contribution in [0.4, 0.5) is 5.69 Å². The molecular weight excluding hydrogens is 299 g/mol. The molecule has 0 spiro atoms. The molecule has 0 atom stereocenters. The second-order valence-corrected chi connectivity index (χ2v) is 5.45. The minimum absolute atomic E-state index is 0. The predicted molar refractivity (Wildman–Crippen MR) is 83.6 cm³/mol. The summed E-state index contributed by atoms with van der Waals surface area (Å²) < 4.78 is 5.31. The van der Waals surface area contributed by atoms with E-state index in [1.807, 2.05) is 13.0 Å². The Balaban J connectivity index is 0.00000200. The Morgan fingerprint density at radius 3 is 2.70 bits per heavy atom. The van der Waals surface area contributed by atoms with Gasteiger partial charge < -0.3 is 15.8 Å². The van der Waals surface area contributed by atoms with Crippen LogP contribution in [0.5, 0.6) is 0 Å². The number of hydrogen-bond donors (Lipinski definition) is 2. The summed E-state index contributed by atoms with van der Waals surface area (Å²) in [5.41, 5.74) is 7.03. The minimum atomic E-state index is -0.521. The molecule has 1 heterocycles. The number of halogens is 2. The van der Waals surface area contributed by atoms with Crippen molar-refractivity contribution >= 4 is 35.6 Å². The molecule has 1 aliphatic heterocycles. The van der Waals surface area contributed by atoms with E-state index in [1.165, 1.54) is 0 Å². The Morgan fingerprint density at radius 2 is 2.10 bits per heavy atom. The molecule has 0 radical (unpaired) electrons. The number of rotatable bonds is 3. The summed E-state index contributed by atoms with van der Waals surface area (Å²) in [5.74, 6) is -0.0383. The largest absolute Gasteiger partial charge is 0.381 e. The molecule has 1 fully saturated rings. The first-order valence-electron chi connectivity index (χ1n) is 6.43. The van der Waals surface area contributed by atoms with Crippen LogP contribution in [0.1, 0.15) is 18.4 Å². The number of anilines is 1. The smallest absolute Gasteiger partial charge is 0.232 e.